The summed E-state index contributed by atoms with van der Waals surface area (Å²) in [4.78, 5) is 28.9. The van der Waals surface area contributed by atoms with Crippen LogP contribution in [0.3, 0.4) is 0 Å². The molecule has 10 heteroatoms. The van der Waals surface area contributed by atoms with Crippen molar-refractivity contribution < 1.29 is 18.0 Å². The molecule has 218 valence electrons. The maximum atomic E-state index is 14.1. The highest BCUT2D eigenvalue weighted by atomic mass is 35.5. The number of anilines is 1. The number of nitrogens with zero attached hydrogens (tertiary/aromatic N) is 2. The Morgan fingerprint density at radius 1 is 0.927 bits per heavy atom. The fourth-order valence-electron chi connectivity index (χ4n) is 5.02. The minimum absolute atomic E-state index is 0.0437. The predicted molar refractivity (Wildman–Crippen MR) is 164 cm³/mol. The zero-order chi connectivity index (χ0) is 29.6. The van der Waals surface area contributed by atoms with Gasteiger partial charge in [-0.25, -0.2) is 8.42 Å². The van der Waals surface area contributed by atoms with Crippen LogP contribution >= 0.6 is 23.2 Å². The van der Waals surface area contributed by atoms with Gasteiger partial charge in [0.25, 0.3) is 10.0 Å². The lowest BCUT2D eigenvalue weighted by molar-refractivity contribution is -0.139. The standard InChI is InChI=1S/C31H35Cl2N3O4S/c1-22-10-9-13-26(18-22)36(41(39,40)27-14-7-4-8-15-27)21-30(37)35(20-24-16-17-28(32)29(33)19-24)23(2)31(38)34-25-11-5-3-6-12-25/h4,7-10,13-19,23,25H,3,5-6,11-12,20-21H2,1-2H3,(H,34,38)/t23-/m0/s1. The van der Waals surface area contributed by atoms with Crippen LogP contribution in [-0.2, 0) is 26.2 Å². The van der Waals surface area contributed by atoms with Crippen molar-refractivity contribution in [3.8, 4) is 0 Å². The first-order valence-corrected chi connectivity index (χ1v) is 15.9. The summed E-state index contributed by atoms with van der Waals surface area (Å²) in [7, 11) is -4.11. The van der Waals surface area contributed by atoms with Gasteiger partial charge >= 0.3 is 0 Å². The molecular formula is C31H35Cl2N3O4S. The number of halogens is 2. The molecule has 0 aromatic heterocycles. The first-order chi connectivity index (χ1) is 19.6. The smallest absolute Gasteiger partial charge is 0.264 e. The number of aryl methyl sites for hydroxylation is 1. The van der Waals surface area contributed by atoms with Crippen molar-refractivity contribution in [3.05, 3.63) is 94.0 Å². The van der Waals surface area contributed by atoms with Gasteiger partial charge in [-0.05, 0) is 74.2 Å². The fourth-order valence-corrected chi connectivity index (χ4v) is 6.77. The molecule has 1 saturated carbocycles. The maximum absolute atomic E-state index is 14.1. The fraction of sp³-hybridized carbons (Fsp3) is 0.355. The number of hydrogen-bond donors (Lipinski definition) is 1. The Morgan fingerprint density at radius 2 is 1.63 bits per heavy atom. The molecule has 0 saturated heterocycles. The molecule has 0 aliphatic heterocycles. The third-order valence-corrected chi connectivity index (χ3v) is 9.88. The highest BCUT2D eigenvalue weighted by Gasteiger charge is 2.33. The summed E-state index contributed by atoms with van der Waals surface area (Å²) in [5.74, 6) is -0.804. The van der Waals surface area contributed by atoms with Gasteiger partial charge < -0.3 is 10.2 Å². The number of nitrogens with one attached hydrogen (secondary N) is 1. The highest BCUT2D eigenvalue weighted by Crippen LogP contribution is 2.27. The van der Waals surface area contributed by atoms with E-state index in [1.54, 1.807) is 61.5 Å². The van der Waals surface area contributed by atoms with E-state index < -0.39 is 28.5 Å². The van der Waals surface area contributed by atoms with Crippen molar-refractivity contribution in [1.82, 2.24) is 10.2 Å². The second-order valence-electron chi connectivity index (χ2n) is 10.5. The van der Waals surface area contributed by atoms with E-state index in [9.17, 15) is 18.0 Å². The van der Waals surface area contributed by atoms with Crippen LogP contribution in [-0.4, -0.2) is 43.8 Å². The van der Waals surface area contributed by atoms with Crippen LogP contribution in [0.2, 0.25) is 10.0 Å². The molecule has 4 rings (SSSR count). The van der Waals surface area contributed by atoms with Gasteiger partial charge in [-0.15, -0.1) is 0 Å². The van der Waals surface area contributed by atoms with Gasteiger partial charge in [0, 0.05) is 12.6 Å². The summed E-state index contributed by atoms with van der Waals surface area (Å²) in [6, 6.07) is 19.2. The topological polar surface area (TPSA) is 86.8 Å². The normalized spacial score (nSPS) is 14.7. The van der Waals surface area contributed by atoms with Crippen LogP contribution in [0.15, 0.2) is 77.7 Å². The molecule has 3 aromatic rings. The second-order valence-corrected chi connectivity index (χ2v) is 13.1. The molecule has 41 heavy (non-hydrogen) atoms. The monoisotopic (exact) mass is 615 g/mol. The van der Waals surface area contributed by atoms with Gasteiger partial charge in [0.05, 0.1) is 20.6 Å². The lowest BCUT2D eigenvalue weighted by Gasteiger charge is -2.33. The van der Waals surface area contributed by atoms with Gasteiger partial charge in [-0.1, -0.05) is 78.9 Å². The van der Waals surface area contributed by atoms with Crippen molar-refractivity contribution in [2.24, 2.45) is 0 Å². The third-order valence-electron chi connectivity index (χ3n) is 7.36. The molecule has 1 aliphatic carbocycles. The summed E-state index contributed by atoms with van der Waals surface area (Å²) >= 11 is 12.4. The Hall–Kier alpha value is -3.07. The number of amides is 2. The largest absolute Gasteiger partial charge is 0.352 e. The van der Waals surface area contributed by atoms with Crippen LogP contribution in [0.25, 0.3) is 0 Å². The quantitative estimate of drug-likeness (QED) is 0.287. The molecule has 0 bridgehead atoms. The Morgan fingerprint density at radius 3 is 2.29 bits per heavy atom. The summed E-state index contributed by atoms with van der Waals surface area (Å²) < 4.78 is 28.8. The van der Waals surface area contributed by atoms with Crippen LogP contribution in [0, 0.1) is 6.92 Å². The number of rotatable bonds is 10. The molecule has 1 fully saturated rings. The van der Waals surface area contributed by atoms with Gasteiger partial charge in [0.2, 0.25) is 11.8 Å². The molecule has 2 amide bonds. The zero-order valence-electron chi connectivity index (χ0n) is 23.2. The maximum Gasteiger partial charge on any atom is 0.264 e. The summed E-state index contributed by atoms with van der Waals surface area (Å²) in [6.07, 6.45) is 5.04. The summed E-state index contributed by atoms with van der Waals surface area (Å²) in [6.45, 7) is 3.06. The number of hydrogen-bond acceptors (Lipinski definition) is 4. The molecule has 1 N–H and O–H groups in total. The van der Waals surface area contributed by atoms with E-state index >= 15 is 0 Å². The van der Waals surface area contributed by atoms with Gasteiger partial charge in [-0.2, -0.15) is 0 Å². The summed E-state index contributed by atoms with van der Waals surface area (Å²) in [5.41, 5.74) is 1.87. The number of sulfonamides is 1. The first-order valence-electron chi connectivity index (χ1n) is 13.7. The van der Waals surface area contributed by atoms with E-state index in [1.807, 2.05) is 13.0 Å². The van der Waals surface area contributed by atoms with Crippen molar-refractivity contribution in [2.45, 2.75) is 69.5 Å². The van der Waals surface area contributed by atoms with E-state index in [-0.39, 0.29) is 23.4 Å². The third kappa shape index (κ3) is 7.82. The lowest BCUT2D eigenvalue weighted by atomic mass is 9.95. The summed E-state index contributed by atoms with van der Waals surface area (Å²) in [5, 5.41) is 3.79. The first kappa shape index (κ1) is 30.9. The van der Waals surface area contributed by atoms with Crippen LogP contribution in [0.4, 0.5) is 5.69 Å². The van der Waals surface area contributed by atoms with Gasteiger partial charge in [0.1, 0.15) is 12.6 Å². The van der Waals surface area contributed by atoms with Crippen LogP contribution in [0.1, 0.15) is 50.2 Å². The number of benzene rings is 3. The molecule has 3 aromatic carbocycles. The van der Waals surface area contributed by atoms with Crippen molar-refractivity contribution in [2.75, 3.05) is 10.8 Å². The van der Waals surface area contributed by atoms with Crippen molar-refractivity contribution in [3.63, 3.8) is 0 Å². The number of carbonyl (C=O) groups is 2. The molecule has 0 unspecified atom stereocenters. The Bertz CT molecular complexity index is 1480. The lowest BCUT2D eigenvalue weighted by Crippen LogP contribution is -2.53. The van der Waals surface area contributed by atoms with Crippen LogP contribution < -0.4 is 9.62 Å². The van der Waals surface area contributed by atoms with Crippen molar-refractivity contribution >= 4 is 50.7 Å². The van der Waals surface area contributed by atoms with Gasteiger partial charge in [0.15, 0.2) is 0 Å². The SMILES string of the molecule is Cc1cccc(N(CC(=O)N(Cc2ccc(Cl)c(Cl)c2)[C@@H](C)C(=O)NC2CCCCC2)S(=O)(=O)c2ccccc2)c1. The molecule has 0 radical (unpaired) electrons. The van der Waals surface area contributed by atoms with E-state index in [1.165, 1.54) is 17.0 Å². The molecule has 1 aliphatic rings. The predicted octanol–water partition coefficient (Wildman–Crippen LogP) is 6.36. The Balaban J connectivity index is 1.68. The molecular weight excluding hydrogens is 581 g/mol. The van der Waals surface area contributed by atoms with Crippen LogP contribution in [0.5, 0.6) is 0 Å². The zero-order valence-corrected chi connectivity index (χ0v) is 25.6. The minimum Gasteiger partial charge on any atom is -0.352 e. The van der Waals surface area contributed by atoms with E-state index in [0.29, 0.717) is 21.3 Å². The van der Waals surface area contributed by atoms with Gasteiger partial charge in [-0.3, -0.25) is 13.9 Å². The Labute approximate surface area is 252 Å². The molecule has 0 heterocycles. The molecule has 1 atom stereocenters. The van der Waals surface area contributed by atoms with Crippen molar-refractivity contribution in [1.29, 1.82) is 0 Å². The number of carbonyl (C=O) groups excluding carboxylic acids is 2. The average molecular weight is 617 g/mol. The second kappa shape index (κ2) is 13.7. The minimum atomic E-state index is -4.11. The van der Waals surface area contributed by atoms with E-state index in [4.69, 9.17) is 23.2 Å². The molecule has 7 nitrogen and oxygen atoms in total. The Kier molecular flexibility index (Phi) is 10.3. The average Bonchev–Trinajstić information content (AvgIpc) is 2.96. The van der Waals surface area contributed by atoms with E-state index in [0.717, 1.165) is 42.0 Å². The highest BCUT2D eigenvalue weighted by molar-refractivity contribution is 7.92. The molecule has 0 spiro atoms. The van der Waals surface area contributed by atoms with E-state index in [2.05, 4.69) is 5.32 Å².